The van der Waals surface area contributed by atoms with Gasteiger partial charge in [-0.1, -0.05) is 124 Å². The number of hydrogen-bond acceptors (Lipinski definition) is 1. The molecule has 144 valence electrons. The van der Waals surface area contributed by atoms with E-state index in [2.05, 4.69) is 129 Å². The van der Waals surface area contributed by atoms with Crippen molar-refractivity contribution in [3.05, 3.63) is 120 Å². The van der Waals surface area contributed by atoms with Crippen LogP contribution >= 0.6 is 0 Å². The zero-order valence-corrected chi connectivity index (χ0v) is 17.3. The van der Waals surface area contributed by atoms with E-state index in [1.165, 1.54) is 16.7 Å². The Hall–Kier alpha value is -2.64. The molecule has 1 atom stereocenters. The molecule has 0 spiro atoms. The lowest BCUT2D eigenvalue weighted by atomic mass is 9.93. The van der Waals surface area contributed by atoms with Gasteiger partial charge in [0.15, 0.2) is 0 Å². The molecule has 3 aromatic carbocycles. The SMILES string of the molecule is CC(C)(C)/C=C/[C@@H](c1ccccc1)N(Cc1ccccc1)Cc1ccccc1. The zero-order chi connectivity index (χ0) is 19.8. The summed E-state index contributed by atoms with van der Waals surface area (Å²) < 4.78 is 0. The van der Waals surface area contributed by atoms with E-state index in [-0.39, 0.29) is 11.5 Å². The first kappa shape index (κ1) is 20.1. The van der Waals surface area contributed by atoms with Crippen molar-refractivity contribution >= 4 is 0 Å². The first-order valence-electron chi connectivity index (χ1n) is 10.1. The van der Waals surface area contributed by atoms with E-state index in [4.69, 9.17) is 0 Å². The summed E-state index contributed by atoms with van der Waals surface area (Å²) in [4.78, 5) is 2.56. The fourth-order valence-electron chi connectivity index (χ4n) is 3.36. The number of hydrogen-bond donors (Lipinski definition) is 0. The van der Waals surface area contributed by atoms with Gasteiger partial charge in [0, 0.05) is 13.1 Å². The molecule has 0 saturated heterocycles. The highest BCUT2D eigenvalue weighted by molar-refractivity contribution is 5.26. The van der Waals surface area contributed by atoms with Crippen molar-refractivity contribution in [1.82, 2.24) is 4.90 Å². The molecule has 0 unspecified atom stereocenters. The Morgan fingerprint density at radius 1 is 0.679 bits per heavy atom. The average Bonchev–Trinajstić information content (AvgIpc) is 2.69. The molecule has 1 nitrogen and oxygen atoms in total. The third kappa shape index (κ3) is 6.21. The van der Waals surface area contributed by atoms with Gasteiger partial charge in [0.1, 0.15) is 0 Å². The molecule has 0 saturated carbocycles. The first-order valence-corrected chi connectivity index (χ1v) is 10.1. The van der Waals surface area contributed by atoms with E-state index in [0.29, 0.717) is 0 Å². The van der Waals surface area contributed by atoms with Crippen LogP contribution in [0.4, 0.5) is 0 Å². The molecule has 0 fully saturated rings. The molecule has 0 N–H and O–H groups in total. The van der Waals surface area contributed by atoms with Gasteiger partial charge in [-0.05, 0) is 22.1 Å². The minimum absolute atomic E-state index is 0.151. The van der Waals surface area contributed by atoms with Gasteiger partial charge < -0.3 is 0 Å². The maximum atomic E-state index is 2.56. The van der Waals surface area contributed by atoms with Crippen LogP contribution in [0.5, 0.6) is 0 Å². The quantitative estimate of drug-likeness (QED) is 0.404. The Kier molecular flexibility index (Phi) is 6.84. The number of allylic oxidation sites excluding steroid dienone is 1. The molecule has 0 amide bonds. The zero-order valence-electron chi connectivity index (χ0n) is 17.3. The lowest BCUT2D eigenvalue weighted by Gasteiger charge is -2.31. The summed E-state index contributed by atoms with van der Waals surface area (Å²) in [5.41, 5.74) is 4.15. The van der Waals surface area contributed by atoms with E-state index < -0.39 is 0 Å². The minimum atomic E-state index is 0.151. The molecule has 0 aliphatic heterocycles. The molecular weight excluding hydrogens is 338 g/mol. The van der Waals surface area contributed by atoms with Crippen LogP contribution < -0.4 is 0 Å². The summed E-state index contributed by atoms with van der Waals surface area (Å²) in [5.74, 6) is 0. The summed E-state index contributed by atoms with van der Waals surface area (Å²) >= 11 is 0. The summed E-state index contributed by atoms with van der Waals surface area (Å²) in [6, 6.07) is 32.6. The maximum absolute atomic E-state index is 2.56. The lowest BCUT2D eigenvalue weighted by Crippen LogP contribution is -2.27. The van der Waals surface area contributed by atoms with Crippen molar-refractivity contribution in [2.24, 2.45) is 5.41 Å². The number of rotatable bonds is 7. The molecule has 0 aromatic heterocycles. The molecule has 1 heteroatoms. The summed E-state index contributed by atoms with van der Waals surface area (Å²) in [7, 11) is 0. The van der Waals surface area contributed by atoms with Gasteiger partial charge in [0.25, 0.3) is 0 Å². The second-order valence-corrected chi connectivity index (χ2v) is 8.46. The molecule has 0 heterocycles. The molecule has 0 aliphatic carbocycles. The second kappa shape index (κ2) is 9.52. The Balaban J connectivity index is 1.97. The van der Waals surface area contributed by atoms with E-state index in [9.17, 15) is 0 Å². The Bertz CT molecular complexity index is 804. The van der Waals surface area contributed by atoms with Crippen LogP contribution in [-0.2, 0) is 13.1 Å². The van der Waals surface area contributed by atoms with Crippen molar-refractivity contribution in [3.63, 3.8) is 0 Å². The van der Waals surface area contributed by atoms with Gasteiger partial charge in [-0.3, -0.25) is 4.90 Å². The van der Waals surface area contributed by atoms with Crippen molar-refractivity contribution in [2.75, 3.05) is 0 Å². The van der Waals surface area contributed by atoms with E-state index in [0.717, 1.165) is 13.1 Å². The van der Waals surface area contributed by atoms with Crippen LogP contribution in [0.2, 0.25) is 0 Å². The predicted octanol–water partition coefficient (Wildman–Crippen LogP) is 7.03. The minimum Gasteiger partial charge on any atom is -0.284 e. The number of benzene rings is 3. The summed E-state index contributed by atoms with van der Waals surface area (Å²) in [6.45, 7) is 8.58. The van der Waals surface area contributed by atoms with Gasteiger partial charge in [-0.25, -0.2) is 0 Å². The van der Waals surface area contributed by atoms with Crippen molar-refractivity contribution in [2.45, 2.75) is 39.9 Å². The smallest absolute Gasteiger partial charge is 0.0538 e. The standard InChI is InChI=1S/C27H31N/c1-27(2,3)20-19-26(25-17-11-6-12-18-25)28(21-23-13-7-4-8-14-23)22-24-15-9-5-10-16-24/h4-20,26H,21-22H2,1-3H3/b20-19+/t26-/m0/s1. The Morgan fingerprint density at radius 3 is 1.54 bits per heavy atom. The molecule has 3 aromatic rings. The van der Waals surface area contributed by atoms with Crippen LogP contribution in [0.25, 0.3) is 0 Å². The van der Waals surface area contributed by atoms with Gasteiger partial charge in [-0.15, -0.1) is 0 Å². The largest absolute Gasteiger partial charge is 0.284 e. The van der Waals surface area contributed by atoms with Crippen LogP contribution in [0.1, 0.15) is 43.5 Å². The van der Waals surface area contributed by atoms with E-state index in [1.54, 1.807) is 0 Å². The van der Waals surface area contributed by atoms with Crippen molar-refractivity contribution < 1.29 is 0 Å². The molecule has 0 aliphatic rings. The van der Waals surface area contributed by atoms with Gasteiger partial charge in [-0.2, -0.15) is 0 Å². The maximum Gasteiger partial charge on any atom is 0.0538 e. The van der Waals surface area contributed by atoms with Crippen molar-refractivity contribution in [3.8, 4) is 0 Å². The highest BCUT2D eigenvalue weighted by Gasteiger charge is 2.20. The fraction of sp³-hybridized carbons (Fsp3) is 0.259. The highest BCUT2D eigenvalue weighted by Crippen LogP contribution is 2.28. The monoisotopic (exact) mass is 369 g/mol. The predicted molar refractivity (Wildman–Crippen MR) is 120 cm³/mol. The number of nitrogens with zero attached hydrogens (tertiary/aromatic N) is 1. The van der Waals surface area contributed by atoms with Gasteiger partial charge >= 0.3 is 0 Å². The molecule has 0 bridgehead atoms. The van der Waals surface area contributed by atoms with E-state index in [1.807, 2.05) is 0 Å². The van der Waals surface area contributed by atoms with Crippen LogP contribution in [0.15, 0.2) is 103 Å². The molecule has 28 heavy (non-hydrogen) atoms. The van der Waals surface area contributed by atoms with Crippen LogP contribution in [0.3, 0.4) is 0 Å². The second-order valence-electron chi connectivity index (χ2n) is 8.46. The third-order valence-electron chi connectivity index (χ3n) is 4.77. The normalized spacial score (nSPS) is 13.1. The lowest BCUT2D eigenvalue weighted by molar-refractivity contribution is 0.211. The highest BCUT2D eigenvalue weighted by atomic mass is 15.1. The molecule has 0 radical (unpaired) electrons. The summed E-state index contributed by atoms with van der Waals surface area (Å²) in [6.07, 6.45) is 4.72. The van der Waals surface area contributed by atoms with Gasteiger partial charge in [0.05, 0.1) is 6.04 Å². The average molecular weight is 370 g/mol. The summed E-state index contributed by atoms with van der Waals surface area (Å²) in [5, 5.41) is 0. The van der Waals surface area contributed by atoms with Gasteiger partial charge in [0.2, 0.25) is 0 Å². The Morgan fingerprint density at radius 2 is 1.11 bits per heavy atom. The topological polar surface area (TPSA) is 3.24 Å². The third-order valence-corrected chi connectivity index (χ3v) is 4.77. The van der Waals surface area contributed by atoms with Crippen molar-refractivity contribution in [1.29, 1.82) is 0 Å². The molecular formula is C27H31N. The first-order chi connectivity index (χ1) is 13.5. The Labute approximate surface area is 170 Å². The van der Waals surface area contributed by atoms with Crippen LogP contribution in [-0.4, -0.2) is 4.90 Å². The van der Waals surface area contributed by atoms with Crippen LogP contribution in [0, 0.1) is 5.41 Å². The fourth-order valence-corrected chi connectivity index (χ4v) is 3.36. The van der Waals surface area contributed by atoms with E-state index >= 15 is 0 Å². The molecule has 3 rings (SSSR count).